The number of nitrogens with zero attached hydrogens (tertiary/aromatic N) is 4. The van der Waals surface area contributed by atoms with Crippen LogP contribution in [0.1, 0.15) is 11.3 Å². The van der Waals surface area contributed by atoms with Gasteiger partial charge in [0, 0.05) is 12.6 Å². The summed E-state index contributed by atoms with van der Waals surface area (Å²) < 4.78 is 43.7. The highest BCUT2D eigenvalue weighted by Gasteiger charge is 2.39. The van der Waals surface area contributed by atoms with Crippen molar-refractivity contribution in [1.29, 1.82) is 0 Å². The van der Waals surface area contributed by atoms with Gasteiger partial charge in [-0.05, 0) is 6.92 Å². The quantitative estimate of drug-likeness (QED) is 0.603. The SMILES string of the molecule is Cc1c(C(F)(F)F)oc2ncnc(SCC(=O)N3CC(=O)N(C)C3)c12. The minimum atomic E-state index is -4.64. The van der Waals surface area contributed by atoms with E-state index in [2.05, 4.69) is 9.97 Å². The topological polar surface area (TPSA) is 79.5 Å². The maximum Gasteiger partial charge on any atom is 0.449 e. The molecule has 0 aliphatic carbocycles. The highest BCUT2D eigenvalue weighted by molar-refractivity contribution is 8.00. The van der Waals surface area contributed by atoms with E-state index in [0.29, 0.717) is 0 Å². The number of carbonyl (C=O) groups is 2. The molecular formula is C14H13F3N4O3S. The van der Waals surface area contributed by atoms with Crippen LogP contribution in [-0.2, 0) is 15.8 Å². The molecule has 0 bridgehead atoms. The predicted molar refractivity (Wildman–Crippen MR) is 81.6 cm³/mol. The smallest absolute Gasteiger partial charge is 0.433 e. The van der Waals surface area contributed by atoms with Crippen LogP contribution in [0, 0.1) is 6.92 Å². The van der Waals surface area contributed by atoms with Crippen molar-refractivity contribution < 1.29 is 27.2 Å². The number of thioether (sulfide) groups is 1. The highest BCUT2D eigenvalue weighted by atomic mass is 32.2. The third kappa shape index (κ3) is 3.28. The average molecular weight is 374 g/mol. The van der Waals surface area contributed by atoms with E-state index in [4.69, 9.17) is 4.42 Å². The Kier molecular flexibility index (Phi) is 4.35. The molecule has 134 valence electrons. The number of likely N-dealkylation sites (N-methyl/N-ethyl adjacent to an activating group) is 1. The van der Waals surface area contributed by atoms with Gasteiger partial charge in [0.25, 0.3) is 0 Å². The predicted octanol–water partition coefficient (Wildman–Crippen LogP) is 1.90. The Balaban J connectivity index is 1.81. The van der Waals surface area contributed by atoms with Crippen LogP contribution in [0.25, 0.3) is 11.1 Å². The van der Waals surface area contributed by atoms with Crippen molar-refractivity contribution in [3.05, 3.63) is 17.7 Å². The molecule has 3 heterocycles. The number of hydrogen-bond acceptors (Lipinski definition) is 6. The van der Waals surface area contributed by atoms with Gasteiger partial charge in [0.15, 0.2) is 0 Å². The van der Waals surface area contributed by atoms with E-state index in [1.165, 1.54) is 16.7 Å². The molecule has 0 atom stereocenters. The summed E-state index contributed by atoms with van der Waals surface area (Å²) in [5.41, 5.74) is -0.292. The van der Waals surface area contributed by atoms with Gasteiger partial charge in [0.05, 0.1) is 17.8 Å². The van der Waals surface area contributed by atoms with E-state index in [0.717, 1.165) is 18.1 Å². The van der Waals surface area contributed by atoms with Gasteiger partial charge in [0.2, 0.25) is 23.3 Å². The second-order valence-corrected chi connectivity index (χ2v) is 6.49. The summed E-state index contributed by atoms with van der Waals surface area (Å²) in [6, 6.07) is 0. The zero-order chi connectivity index (χ0) is 18.4. The summed E-state index contributed by atoms with van der Waals surface area (Å²) in [6.07, 6.45) is -3.55. The average Bonchev–Trinajstić information content (AvgIpc) is 3.06. The lowest BCUT2D eigenvalue weighted by Gasteiger charge is -2.14. The number of aryl methyl sites for hydroxylation is 1. The molecule has 2 amide bonds. The lowest BCUT2D eigenvalue weighted by molar-refractivity contribution is -0.152. The van der Waals surface area contributed by atoms with Crippen molar-refractivity contribution in [2.24, 2.45) is 0 Å². The second-order valence-electron chi connectivity index (χ2n) is 5.53. The van der Waals surface area contributed by atoms with Gasteiger partial charge in [-0.1, -0.05) is 11.8 Å². The number of fused-ring (bicyclic) bond motifs is 1. The van der Waals surface area contributed by atoms with E-state index in [1.54, 1.807) is 7.05 Å². The Morgan fingerprint density at radius 1 is 1.40 bits per heavy atom. The van der Waals surface area contributed by atoms with Crippen LogP contribution >= 0.6 is 11.8 Å². The summed E-state index contributed by atoms with van der Waals surface area (Å²) in [6.45, 7) is 1.47. The van der Waals surface area contributed by atoms with Gasteiger partial charge in [-0.25, -0.2) is 9.97 Å². The van der Waals surface area contributed by atoms with Gasteiger partial charge >= 0.3 is 6.18 Å². The largest absolute Gasteiger partial charge is 0.449 e. The van der Waals surface area contributed by atoms with Crippen LogP contribution in [0.4, 0.5) is 13.2 Å². The molecule has 0 spiro atoms. The fourth-order valence-electron chi connectivity index (χ4n) is 2.48. The maximum atomic E-state index is 13.0. The van der Waals surface area contributed by atoms with Gasteiger partial charge in [0.1, 0.15) is 17.9 Å². The normalized spacial score (nSPS) is 15.5. The molecule has 0 aromatic carbocycles. The van der Waals surface area contributed by atoms with Crippen molar-refractivity contribution in [2.75, 3.05) is 26.0 Å². The Labute approximate surface area is 144 Å². The van der Waals surface area contributed by atoms with Gasteiger partial charge in [-0.2, -0.15) is 13.2 Å². The summed E-state index contributed by atoms with van der Waals surface area (Å²) in [5, 5.41) is 0.371. The minimum Gasteiger partial charge on any atom is -0.433 e. The minimum absolute atomic E-state index is 0.00195. The molecule has 2 aromatic heterocycles. The van der Waals surface area contributed by atoms with Crippen molar-refractivity contribution >= 4 is 34.7 Å². The van der Waals surface area contributed by atoms with Crippen LogP contribution in [0.2, 0.25) is 0 Å². The first-order valence-electron chi connectivity index (χ1n) is 7.14. The standard InChI is InChI=1S/C14H13F3N4O3S/c1-7-10-12(24-11(7)14(15,16)17)18-5-19-13(10)25-4-9(23)21-3-8(22)20(2)6-21/h5H,3-4,6H2,1-2H3. The molecule has 0 unspecified atom stereocenters. The van der Waals surface area contributed by atoms with Crippen molar-refractivity contribution in [3.8, 4) is 0 Å². The molecule has 11 heteroatoms. The number of amides is 2. The molecule has 1 saturated heterocycles. The third-order valence-corrected chi connectivity index (χ3v) is 4.74. The Bertz CT molecular complexity index is 852. The van der Waals surface area contributed by atoms with Crippen molar-refractivity contribution in [2.45, 2.75) is 18.1 Å². The van der Waals surface area contributed by atoms with Gasteiger partial charge in [-0.15, -0.1) is 0 Å². The van der Waals surface area contributed by atoms with E-state index < -0.39 is 11.9 Å². The monoisotopic (exact) mass is 374 g/mol. The van der Waals surface area contributed by atoms with Crippen molar-refractivity contribution in [3.63, 3.8) is 0 Å². The van der Waals surface area contributed by atoms with Crippen LogP contribution in [0.5, 0.6) is 0 Å². The van der Waals surface area contributed by atoms with E-state index >= 15 is 0 Å². The number of alkyl halides is 3. The van der Waals surface area contributed by atoms with E-state index in [9.17, 15) is 22.8 Å². The van der Waals surface area contributed by atoms with Gasteiger partial charge < -0.3 is 14.2 Å². The fraction of sp³-hybridized carbons (Fsp3) is 0.429. The molecule has 2 aromatic rings. The lowest BCUT2D eigenvalue weighted by Crippen LogP contribution is -2.31. The van der Waals surface area contributed by atoms with Gasteiger partial charge in [-0.3, -0.25) is 9.59 Å². The number of hydrogen-bond donors (Lipinski definition) is 0. The summed E-state index contributed by atoms with van der Waals surface area (Å²) in [5.74, 6) is -1.64. The molecular weight excluding hydrogens is 361 g/mol. The summed E-state index contributed by atoms with van der Waals surface area (Å²) in [4.78, 5) is 34.1. The van der Waals surface area contributed by atoms with Crippen LogP contribution in [-0.4, -0.2) is 57.6 Å². The van der Waals surface area contributed by atoms with E-state index in [1.807, 2.05) is 0 Å². The Morgan fingerprint density at radius 2 is 2.12 bits per heavy atom. The van der Waals surface area contributed by atoms with Crippen LogP contribution in [0.3, 0.4) is 0 Å². The maximum absolute atomic E-state index is 13.0. The first-order chi connectivity index (χ1) is 11.7. The molecule has 0 N–H and O–H groups in total. The van der Waals surface area contributed by atoms with Crippen LogP contribution in [0.15, 0.2) is 15.8 Å². The molecule has 1 aliphatic heterocycles. The molecule has 0 radical (unpaired) electrons. The molecule has 1 aliphatic rings. The summed E-state index contributed by atoms with van der Waals surface area (Å²) in [7, 11) is 1.59. The fourth-order valence-corrected chi connectivity index (χ4v) is 3.43. The molecule has 25 heavy (non-hydrogen) atoms. The molecule has 0 saturated carbocycles. The third-order valence-electron chi connectivity index (χ3n) is 3.77. The number of aromatic nitrogens is 2. The summed E-state index contributed by atoms with van der Waals surface area (Å²) >= 11 is 0.986. The molecule has 1 fully saturated rings. The van der Waals surface area contributed by atoms with Crippen molar-refractivity contribution in [1.82, 2.24) is 19.8 Å². The number of rotatable bonds is 3. The zero-order valence-corrected chi connectivity index (χ0v) is 14.1. The first kappa shape index (κ1) is 17.5. The zero-order valence-electron chi connectivity index (χ0n) is 13.3. The first-order valence-corrected chi connectivity index (χ1v) is 8.13. The number of furan rings is 1. The van der Waals surface area contributed by atoms with Crippen LogP contribution < -0.4 is 0 Å². The Hall–Kier alpha value is -2.30. The Morgan fingerprint density at radius 3 is 2.72 bits per heavy atom. The lowest BCUT2D eigenvalue weighted by atomic mass is 10.2. The highest BCUT2D eigenvalue weighted by Crippen LogP contribution is 2.39. The van der Waals surface area contributed by atoms with E-state index in [-0.39, 0.29) is 52.5 Å². The molecule has 3 rings (SSSR count). The second kappa shape index (κ2) is 6.21. The number of halogens is 3. The number of carbonyl (C=O) groups excluding carboxylic acids is 2. The molecule has 7 nitrogen and oxygen atoms in total.